The van der Waals surface area contributed by atoms with Crippen molar-refractivity contribution in [2.45, 2.75) is 24.9 Å². The maximum atomic E-state index is 13.8. The van der Waals surface area contributed by atoms with E-state index in [4.69, 9.17) is 0 Å². The van der Waals surface area contributed by atoms with Crippen molar-refractivity contribution in [1.29, 1.82) is 0 Å². The maximum absolute atomic E-state index is 13.8. The lowest BCUT2D eigenvalue weighted by molar-refractivity contribution is -0.141. The second-order valence-electron chi connectivity index (χ2n) is 6.64. The van der Waals surface area contributed by atoms with Gasteiger partial charge in [0.05, 0.1) is 17.3 Å². The van der Waals surface area contributed by atoms with Gasteiger partial charge in [-0.15, -0.1) is 10.2 Å². The van der Waals surface area contributed by atoms with Crippen molar-refractivity contribution >= 4 is 12.1 Å². The van der Waals surface area contributed by atoms with Gasteiger partial charge in [-0.05, 0) is 30.4 Å². The highest BCUT2D eigenvalue weighted by Gasteiger charge is 2.41. The minimum atomic E-state index is -5.00. The summed E-state index contributed by atoms with van der Waals surface area (Å²) in [4.78, 5) is 18.0. The molecule has 3 heterocycles. The lowest BCUT2D eigenvalue weighted by atomic mass is 9.86. The molecule has 1 saturated heterocycles. The number of carbonyl (C=O) groups is 1. The van der Waals surface area contributed by atoms with Gasteiger partial charge in [0.25, 0.3) is 5.91 Å². The van der Waals surface area contributed by atoms with Crippen LogP contribution in [0.4, 0.5) is 22.0 Å². The highest BCUT2D eigenvalue weighted by Crippen LogP contribution is 2.41. The van der Waals surface area contributed by atoms with E-state index in [-0.39, 0.29) is 43.1 Å². The highest BCUT2D eigenvalue weighted by molar-refractivity contribution is 6.03. The predicted molar refractivity (Wildman–Crippen MR) is 88.4 cm³/mol. The van der Waals surface area contributed by atoms with E-state index in [1.807, 2.05) is 0 Å². The Hall–Kier alpha value is -2.91. The zero-order valence-corrected chi connectivity index (χ0v) is 14.3. The van der Waals surface area contributed by atoms with E-state index in [1.165, 1.54) is 17.3 Å². The van der Waals surface area contributed by atoms with Crippen LogP contribution in [0.25, 0.3) is 0 Å². The summed E-state index contributed by atoms with van der Waals surface area (Å²) in [6.45, 7) is 0.338. The number of benzene rings is 1. The fraction of sp³-hybridized carbons (Fsp3) is 0.333. The summed E-state index contributed by atoms with van der Waals surface area (Å²) in [5, 5.41) is 7.71. The number of carbonyl (C=O) groups excluding carboxylic acids is 1. The van der Waals surface area contributed by atoms with Crippen molar-refractivity contribution in [2.75, 3.05) is 13.1 Å². The largest absolute Gasteiger partial charge is 0.419 e. The average Bonchev–Trinajstić information content (AvgIpc) is 3.26. The van der Waals surface area contributed by atoms with Crippen molar-refractivity contribution < 1.29 is 26.7 Å². The van der Waals surface area contributed by atoms with E-state index in [1.54, 1.807) is 0 Å². The predicted octanol–water partition coefficient (Wildman–Crippen LogP) is 4.34. The van der Waals surface area contributed by atoms with Crippen molar-refractivity contribution in [2.24, 2.45) is 15.2 Å². The first-order chi connectivity index (χ1) is 13.3. The number of allylic oxidation sites excluding steroid dienone is 1. The van der Waals surface area contributed by atoms with Gasteiger partial charge in [-0.2, -0.15) is 13.2 Å². The molecule has 146 valence electrons. The molecule has 0 spiro atoms. The molecule has 0 atom stereocenters. The Morgan fingerprint density at radius 3 is 2.50 bits per heavy atom. The molecule has 0 N–H and O–H groups in total. The van der Waals surface area contributed by atoms with Gasteiger partial charge in [-0.1, -0.05) is 6.07 Å². The Morgan fingerprint density at radius 1 is 1.11 bits per heavy atom. The van der Waals surface area contributed by atoms with Crippen LogP contribution < -0.4 is 0 Å². The lowest BCUT2D eigenvalue weighted by Crippen LogP contribution is -2.39. The summed E-state index contributed by atoms with van der Waals surface area (Å²) in [6.07, 6.45) is -1.66. The fourth-order valence-corrected chi connectivity index (χ4v) is 3.63. The van der Waals surface area contributed by atoms with E-state index in [0.29, 0.717) is 17.3 Å². The average molecular weight is 396 g/mol. The second-order valence-corrected chi connectivity index (χ2v) is 6.64. The van der Waals surface area contributed by atoms with Crippen LogP contribution in [-0.2, 0) is 11.0 Å². The quantitative estimate of drug-likeness (QED) is 0.687. The van der Waals surface area contributed by atoms with E-state index < -0.39 is 29.3 Å². The molecule has 4 rings (SSSR count). The van der Waals surface area contributed by atoms with Crippen molar-refractivity contribution in [3.8, 4) is 0 Å². The number of azo groups is 1. The van der Waals surface area contributed by atoms with Gasteiger partial charge in [-0.3, -0.25) is 9.79 Å². The summed E-state index contributed by atoms with van der Waals surface area (Å²) in [5.74, 6) is -4.44. The van der Waals surface area contributed by atoms with E-state index in [0.717, 1.165) is 6.07 Å². The molecule has 0 radical (unpaired) electrons. The summed E-state index contributed by atoms with van der Waals surface area (Å²) >= 11 is 0. The molecule has 0 bridgehead atoms. The first-order valence-corrected chi connectivity index (χ1v) is 8.51. The van der Waals surface area contributed by atoms with Crippen LogP contribution in [0.3, 0.4) is 0 Å². The number of piperidine rings is 1. The van der Waals surface area contributed by atoms with Crippen molar-refractivity contribution in [3.05, 3.63) is 58.1 Å². The maximum Gasteiger partial charge on any atom is 0.419 e. The molecule has 28 heavy (non-hydrogen) atoms. The molecule has 10 heteroatoms. The minimum absolute atomic E-state index is 0.148. The molecule has 3 aliphatic rings. The number of aliphatic imine (C=N–C) groups is 1. The smallest absolute Gasteiger partial charge is 0.337 e. The zero-order valence-electron chi connectivity index (χ0n) is 14.3. The van der Waals surface area contributed by atoms with Gasteiger partial charge in [0, 0.05) is 19.3 Å². The molecule has 0 unspecified atom stereocenters. The molecule has 0 aromatic heterocycles. The molecular formula is C18H13F5N4O. The normalized spacial score (nSPS) is 19.5. The first-order valence-electron chi connectivity index (χ1n) is 8.51. The topological polar surface area (TPSA) is 57.4 Å². The van der Waals surface area contributed by atoms with Crippen LogP contribution in [0.15, 0.2) is 50.5 Å². The highest BCUT2D eigenvalue weighted by atomic mass is 19.4. The summed E-state index contributed by atoms with van der Waals surface area (Å²) in [5.41, 5.74) is -0.686. The third-order valence-electron chi connectivity index (χ3n) is 5.02. The molecular weight excluding hydrogens is 383 g/mol. The Bertz CT molecular complexity index is 969. The Kier molecular flexibility index (Phi) is 4.35. The number of likely N-dealkylation sites (tertiary alicyclic amines) is 1. The van der Waals surface area contributed by atoms with Crippen LogP contribution in [0, 0.1) is 11.6 Å². The Balaban J connectivity index is 1.53. The number of halogens is 5. The molecule has 3 aliphatic heterocycles. The monoisotopic (exact) mass is 396 g/mol. The third-order valence-corrected chi connectivity index (χ3v) is 5.02. The fourth-order valence-electron chi connectivity index (χ4n) is 3.63. The van der Waals surface area contributed by atoms with Gasteiger partial charge in [0.1, 0.15) is 5.70 Å². The number of hydrogen-bond donors (Lipinski definition) is 0. The minimum Gasteiger partial charge on any atom is -0.337 e. The molecule has 1 fully saturated rings. The first kappa shape index (κ1) is 18.5. The number of nitrogens with zero attached hydrogens (tertiary/aromatic N) is 4. The zero-order chi connectivity index (χ0) is 20.1. The van der Waals surface area contributed by atoms with Gasteiger partial charge < -0.3 is 4.90 Å². The van der Waals surface area contributed by atoms with Gasteiger partial charge >= 0.3 is 6.18 Å². The third kappa shape index (κ3) is 3.02. The Morgan fingerprint density at radius 2 is 1.82 bits per heavy atom. The SMILES string of the molecule is O=C(C1=C2C=NC=C2N=N1)N1CCC(c2ccc(F)c(F)c2C(F)(F)F)CC1. The van der Waals surface area contributed by atoms with Crippen LogP contribution >= 0.6 is 0 Å². The van der Waals surface area contributed by atoms with Crippen LogP contribution in [0.1, 0.15) is 29.9 Å². The van der Waals surface area contributed by atoms with Crippen LogP contribution in [-0.4, -0.2) is 30.1 Å². The Labute approximate surface area is 156 Å². The molecule has 5 nitrogen and oxygen atoms in total. The number of hydrogen-bond acceptors (Lipinski definition) is 4. The number of alkyl halides is 3. The molecule has 1 aromatic rings. The summed E-state index contributed by atoms with van der Waals surface area (Å²) in [7, 11) is 0. The van der Waals surface area contributed by atoms with Gasteiger partial charge in [0.15, 0.2) is 17.3 Å². The number of rotatable bonds is 2. The van der Waals surface area contributed by atoms with Crippen LogP contribution in [0.2, 0.25) is 0 Å². The molecule has 0 aliphatic carbocycles. The van der Waals surface area contributed by atoms with Crippen molar-refractivity contribution in [1.82, 2.24) is 4.90 Å². The van der Waals surface area contributed by atoms with Gasteiger partial charge in [-0.25, -0.2) is 8.78 Å². The van der Waals surface area contributed by atoms with Gasteiger partial charge in [0.2, 0.25) is 0 Å². The summed E-state index contributed by atoms with van der Waals surface area (Å²) < 4.78 is 67.0. The lowest BCUT2D eigenvalue weighted by Gasteiger charge is -2.33. The molecule has 0 saturated carbocycles. The van der Waals surface area contributed by atoms with E-state index in [9.17, 15) is 26.7 Å². The summed E-state index contributed by atoms with van der Waals surface area (Å²) in [6, 6.07) is 1.68. The second kappa shape index (κ2) is 6.61. The standard InChI is InChI=1S/C18H13F5N4O/c19-12-2-1-10(14(15(12)20)18(21,22)23)9-3-5-27(6-4-9)17(28)16-11-7-24-8-13(11)25-26-16/h1-2,7-9H,3-6H2. The molecule has 1 amide bonds. The van der Waals surface area contributed by atoms with E-state index >= 15 is 0 Å². The number of fused-ring (bicyclic) bond motifs is 1. The molecule has 1 aromatic carbocycles. The van der Waals surface area contributed by atoms with Crippen LogP contribution in [0.5, 0.6) is 0 Å². The van der Waals surface area contributed by atoms with E-state index in [2.05, 4.69) is 15.2 Å². The number of amides is 1. The van der Waals surface area contributed by atoms with Crippen molar-refractivity contribution in [3.63, 3.8) is 0 Å².